The Hall–Kier alpha value is -6.38. The average Bonchev–Trinajstić information content (AvgIpc) is 3.54. The van der Waals surface area contributed by atoms with Gasteiger partial charge in [0, 0.05) is 27.8 Å². The molecule has 256 valence electrons. The molecule has 53 heavy (non-hydrogen) atoms. The maximum Gasteiger partial charge on any atom is 0.0742 e. The summed E-state index contributed by atoms with van der Waals surface area (Å²) < 4.78 is 2.51. The number of fused-ring (bicyclic) bond motifs is 5. The van der Waals surface area contributed by atoms with Crippen molar-refractivity contribution in [2.75, 3.05) is 4.90 Å². The molecule has 1 aliphatic heterocycles. The molecule has 9 rings (SSSR count). The second-order valence-electron chi connectivity index (χ2n) is 14.3. The third-order valence-corrected chi connectivity index (χ3v) is 11.1. The number of aryl methyl sites for hydroxylation is 3. The highest BCUT2D eigenvalue weighted by atomic mass is 15.1. The van der Waals surface area contributed by atoms with Crippen molar-refractivity contribution < 1.29 is 0 Å². The second kappa shape index (κ2) is 13.3. The molecule has 2 heterocycles. The van der Waals surface area contributed by atoms with Gasteiger partial charge in [-0.25, -0.2) is 0 Å². The molecule has 0 unspecified atom stereocenters. The normalized spacial score (nSPS) is 13.2. The molecule has 0 aliphatic carbocycles. The number of aromatic nitrogens is 1. The van der Waals surface area contributed by atoms with E-state index in [1.807, 2.05) is 6.08 Å². The van der Waals surface area contributed by atoms with Crippen molar-refractivity contribution >= 4 is 33.2 Å². The van der Waals surface area contributed by atoms with Crippen LogP contribution in [0.25, 0.3) is 27.5 Å². The van der Waals surface area contributed by atoms with Gasteiger partial charge in [-0.1, -0.05) is 151 Å². The third kappa shape index (κ3) is 5.33. The highest BCUT2D eigenvalue weighted by Crippen LogP contribution is 2.54. The summed E-state index contributed by atoms with van der Waals surface area (Å²) in [5.74, 6) is 0. The lowest BCUT2D eigenvalue weighted by atomic mass is 9.63. The smallest absolute Gasteiger partial charge is 0.0742 e. The summed E-state index contributed by atoms with van der Waals surface area (Å²) in [4.78, 5) is 2.31. The molecule has 0 amide bonds. The molecule has 0 N–H and O–H groups in total. The Morgan fingerprint density at radius 1 is 0.604 bits per heavy atom. The van der Waals surface area contributed by atoms with Crippen LogP contribution in [0.3, 0.4) is 0 Å². The molecule has 0 radical (unpaired) electrons. The molecule has 2 nitrogen and oxygen atoms in total. The summed E-state index contributed by atoms with van der Waals surface area (Å²) in [5.41, 5.74) is 15.6. The van der Waals surface area contributed by atoms with Gasteiger partial charge in [-0.05, 0) is 103 Å². The number of benzene rings is 7. The molecule has 7 aromatic carbocycles. The van der Waals surface area contributed by atoms with E-state index >= 15 is 0 Å². The van der Waals surface area contributed by atoms with Gasteiger partial charge in [-0.2, -0.15) is 0 Å². The summed E-state index contributed by atoms with van der Waals surface area (Å²) >= 11 is 0. The number of nitrogens with zero attached hydrogens (tertiary/aromatic N) is 2. The van der Waals surface area contributed by atoms with E-state index in [0.29, 0.717) is 0 Å². The highest BCUT2D eigenvalue weighted by Gasteiger charge is 2.45. The van der Waals surface area contributed by atoms with Crippen LogP contribution < -0.4 is 4.90 Å². The fourth-order valence-electron chi connectivity index (χ4n) is 8.61. The maximum atomic E-state index is 4.26. The summed E-state index contributed by atoms with van der Waals surface area (Å²) in [6.07, 6.45) is 6.12. The lowest BCUT2D eigenvalue weighted by molar-refractivity contribution is 0.728. The second-order valence-corrected chi connectivity index (χ2v) is 14.3. The van der Waals surface area contributed by atoms with Crippen molar-refractivity contribution in [1.82, 2.24) is 4.57 Å². The van der Waals surface area contributed by atoms with Gasteiger partial charge in [0.25, 0.3) is 0 Å². The van der Waals surface area contributed by atoms with Crippen LogP contribution in [0.5, 0.6) is 0 Å². The zero-order chi connectivity index (χ0) is 35.9. The topological polar surface area (TPSA) is 8.17 Å². The van der Waals surface area contributed by atoms with E-state index < -0.39 is 5.41 Å². The van der Waals surface area contributed by atoms with Crippen molar-refractivity contribution in [3.8, 4) is 5.69 Å². The van der Waals surface area contributed by atoms with E-state index in [0.717, 1.165) is 29.9 Å². The molecule has 0 bridgehead atoms. The highest BCUT2D eigenvalue weighted by molar-refractivity contribution is 6.12. The van der Waals surface area contributed by atoms with Gasteiger partial charge in [-0.3, -0.25) is 0 Å². The summed E-state index contributed by atoms with van der Waals surface area (Å²) in [5, 5.41) is 2.58. The zero-order valence-corrected chi connectivity index (χ0v) is 30.3. The first-order valence-electron chi connectivity index (χ1n) is 18.6. The van der Waals surface area contributed by atoms with Gasteiger partial charge in [0.15, 0.2) is 0 Å². The Morgan fingerprint density at radius 3 is 1.81 bits per heavy atom. The first kappa shape index (κ1) is 32.5. The number of hydrogen-bond acceptors (Lipinski definition) is 1. The summed E-state index contributed by atoms with van der Waals surface area (Å²) in [6, 6.07) is 62.6. The van der Waals surface area contributed by atoms with Crippen LogP contribution in [0.4, 0.5) is 11.4 Å². The molecule has 1 aliphatic rings. The van der Waals surface area contributed by atoms with Crippen LogP contribution in [-0.2, 0) is 11.8 Å². The number of para-hydroxylation sites is 2. The van der Waals surface area contributed by atoms with Crippen LogP contribution in [0, 0.1) is 13.8 Å². The van der Waals surface area contributed by atoms with E-state index in [1.54, 1.807) is 0 Å². The number of rotatable bonds is 9. The minimum atomic E-state index is -0.460. The Morgan fingerprint density at radius 2 is 1.19 bits per heavy atom. The van der Waals surface area contributed by atoms with Crippen molar-refractivity contribution in [2.45, 2.75) is 32.1 Å². The van der Waals surface area contributed by atoms with Crippen LogP contribution in [-0.4, -0.2) is 4.57 Å². The van der Waals surface area contributed by atoms with Crippen molar-refractivity contribution in [3.05, 3.63) is 233 Å². The summed E-state index contributed by atoms with van der Waals surface area (Å²) in [6.45, 7) is 8.52. The predicted molar refractivity (Wildman–Crippen MR) is 224 cm³/mol. The van der Waals surface area contributed by atoms with Crippen LogP contribution in [0.15, 0.2) is 194 Å². The molecule has 0 saturated heterocycles. The van der Waals surface area contributed by atoms with Gasteiger partial charge in [0.1, 0.15) is 0 Å². The Balaban J connectivity index is 1.15. The molecule has 0 atom stereocenters. The van der Waals surface area contributed by atoms with E-state index in [-0.39, 0.29) is 0 Å². The van der Waals surface area contributed by atoms with Crippen molar-refractivity contribution in [1.29, 1.82) is 0 Å². The SMILES string of the molecule is C=CC(=CCCc1ccc2c(c1)c1cccc3c1n2-c1ccccc1C3(c1ccccc1)c1ccccc1)N(c1ccc(C)cc1)c1ccc(C)cc1. The van der Waals surface area contributed by atoms with Gasteiger partial charge < -0.3 is 9.47 Å². The molecular weight excluding hydrogens is 641 g/mol. The minimum Gasteiger partial charge on any atom is -0.311 e. The molecule has 1 aromatic heterocycles. The number of allylic oxidation sites excluding steroid dienone is 2. The lowest BCUT2D eigenvalue weighted by Gasteiger charge is -2.41. The van der Waals surface area contributed by atoms with Crippen molar-refractivity contribution in [2.24, 2.45) is 0 Å². The standard InChI is InChI=1S/C51H42N2/c1-4-41(52(42-30-25-36(2)26-31-42)43-32-27-37(3)28-33-43)20-13-15-38-29-34-48-45(35-38)44-21-14-23-47-50(44)53(48)49-24-12-11-22-46(49)51(47,39-16-7-5-8-17-39)40-18-9-6-10-19-40/h4-12,14,16-35H,1,13,15H2,2-3H3. The lowest BCUT2D eigenvalue weighted by Crippen LogP contribution is -2.35. The van der Waals surface area contributed by atoms with E-state index in [1.165, 1.54) is 66.4 Å². The molecule has 2 heteroatoms. The van der Waals surface area contributed by atoms with Gasteiger partial charge in [0.05, 0.1) is 22.1 Å². The molecule has 0 spiro atoms. The number of anilines is 2. The Kier molecular flexibility index (Phi) is 8.16. The van der Waals surface area contributed by atoms with Gasteiger partial charge in [-0.15, -0.1) is 0 Å². The first-order valence-corrected chi connectivity index (χ1v) is 18.6. The van der Waals surface area contributed by atoms with E-state index in [9.17, 15) is 0 Å². The zero-order valence-electron chi connectivity index (χ0n) is 30.3. The largest absolute Gasteiger partial charge is 0.311 e. The van der Waals surface area contributed by atoms with Crippen LogP contribution in [0.1, 0.15) is 45.4 Å². The Bertz CT molecular complexity index is 2540. The first-order chi connectivity index (χ1) is 26.1. The number of hydrogen-bond donors (Lipinski definition) is 0. The quantitative estimate of drug-likeness (QED) is 0.138. The fraction of sp³-hybridized carbons (Fsp3) is 0.0980. The van der Waals surface area contributed by atoms with Gasteiger partial charge in [0.2, 0.25) is 0 Å². The van der Waals surface area contributed by atoms with Crippen LogP contribution >= 0.6 is 0 Å². The fourth-order valence-corrected chi connectivity index (χ4v) is 8.61. The van der Waals surface area contributed by atoms with E-state index in [2.05, 4.69) is 206 Å². The monoisotopic (exact) mass is 682 g/mol. The minimum absolute atomic E-state index is 0.460. The average molecular weight is 683 g/mol. The maximum absolute atomic E-state index is 4.26. The molecule has 0 saturated carbocycles. The summed E-state index contributed by atoms with van der Waals surface area (Å²) in [7, 11) is 0. The predicted octanol–water partition coefficient (Wildman–Crippen LogP) is 12.9. The molecule has 8 aromatic rings. The van der Waals surface area contributed by atoms with Gasteiger partial charge >= 0.3 is 0 Å². The van der Waals surface area contributed by atoms with Crippen molar-refractivity contribution in [3.63, 3.8) is 0 Å². The molecular formula is C51H42N2. The third-order valence-electron chi connectivity index (χ3n) is 11.1. The van der Waals surface area contributed by atoms with E-state index in [4.69, 9.17) is 0 Å². The Labute approximate surface area is 312 Å². The van der Waals surface area contributed by atoms with Crippen LogP contribution in [0.2, 0.25) is 0 Å². The molecule has 0 fully saturated rings.